The van der Waals surface area contributed by atoms with Crippen LogP contribution in [0, 0.1) is 0 Å². The van der Waals surface area contributed by atoms with Gasteiger partial charge in [-0.2, -0.15) is 5.10 Å². The number of thiazole rings is 1. The number of benzene rings is 2. The molecular weight excluding hydrogens is 391 g/mol. The Kier molecular flexibility index (Phi) is 5.88. The number of hydrogen-bond donors (Lipinski definition) is 1. The number of aromatic nitrogens is 1. The number of carbonyl (C=O) groups is 1. The van der Waals surface area contributed by atoms with Gasteiger partial charge in [-0.3, -0.25) is 15.1 Å². The normalized spacial score (nSPS) is 10.9. The van der Waals surface area contributed by atoms with Gasteiger partial charge in [-0.05, 0) is 42.5 Å². The maximum absolute atomic E-state index is 12.1. The molecule has 0 aliphatic carbocycles. The van der Waals surface area contributed by atoms with Gasteiger partial charge in [0.25, 0.3) is 0 Å². The number of carbonyl (C=O) groups excluding carboxylic acids is 1. The SMILES string of the molecule is CC(=O)N(c1cccc(Cl)c1)c1nc(/C=N\Nc2ccc(Cl)cc2)cs1. The Hall–Kier alpha value is -2.41. The summed E-state index contributed by atoms with van der Waals surface area (Å²) in [5.41, 5.74) is 5.02. The third-order valence-electron chi connectivity index (χ3n) is 3.32. The lowest BCUT2D eigenvalue weighted by molar-refractivity contribution is -0.115. The van der Waals surface area contributed by atoms with E-state index >= 15 is 0 Å². The van der Waals surface area contributed by atoms with E-state index in [0.29, 0.717) is 26.6 Å². The van der Waals surface area contributed by atoms with Crippen LogP contribution in [0.25, 0.3) is 0 Å². The first kappa shape index (κ1) is 18.4. The Morgan fingerprint density at radius 2 is 1.96 bits per heavy atom. The highest BCUT2D eigenvalue weighted by atomic mass is 35.5. The van der Waals surface area contributed by atoms with Crippen molar-refractivity contribution in [2.24, 2.45) is 5.10 Å². The smallest absolute Gasteiger partial charge is 0.230 e. The van der Waals surface area contributed by atoms with Crippen LogP contribution in [-0.2, 0) is 4.79 Å². The number of rotatable bonds is 5. The summed E-state index contributed by atoms with van der Waals surface area (Å²) in [5, 5.41) is 7.73. The number of anilines is 3. The molecule has 3 rings (SSSR count). The average Bonchev–Trinajstić information content (AvgIpc) is 3.05. The van der Waals surface area contributed by atoms with Crippen molar-refractivity contribution in [3.63, 3.8) is 0 Å². The van der Waals surface area contributed by atoms with Crippen LogP contribution in [0.15, 0.2) is 59.0 Å². The molecule has 26 heavy (non-hydrogen) atoms. The first-order valence-electron chi connectivity index (χ1n) is 7.59. The maximum Gasteiger partial charge on any atom is 0.230 e. The van der Waals surface area contributed by atoms with Gasteiger partial charge in [-0.15, -0.1) is 11.3 Å². The summed E-state index contributed by atoms with van der Waals surface area (Å²) >= 11 is 13.2. The molecule has 0 atom stereocenters. The Morgan fingerprint density at radius 1 is 1.19 bits per heavy atom. The molecule has 0 saturated carbocycles. The molecule has 3 aromatic rings. The van der Waals surface area contributed by atoms with E-state index in [1.54, 1.807) is 36.5 Å². The molecule has 2 aromatic carbocycles. The Balaban J connectivity index is 1.75. The van der Waals surface area contributed by atoms with E-state index < -0.39 is 0 Å². The topological polar surface area (TPSA) is 57.6 Å². The van der Waals surface area contributed by atoms with Gasteiger partial charge in [0.05, 0.1) is 23.3 Å². The second-order valence-corrected chi connectivity index (χ2v) is 6.98. The van der Waals surface area contributed by atoms with Gasteiger partial charge in [-0.1, -0.05) is 29.3 Å². The zero-order valence-electron chi connectivity index (χ0n) is 13.7. The largest absolute Gasteiger partial charge is 0.278 e. The molecule has 0 aliphatic heterocycles. The third-order valence-corrected chi connectivity index (χ3v) is 4.65. The van der Waals surface area contributed by atoms with Gasteiger partial charge in [0, 0.05) is 22.3 Å². The summed E-state index contributed by atoms with van der Waals surface area (Å²) in [7, 11) is 0. The van der Waals surface area contributed by atoms with Gasteiger partial charge in [0.15, 0.2) is 5.13 Å². The third kappa shape index (κ3) is 4.60. The van der Waals surface area contributed by atoms with Crippen molar-refractivity contribution in [2.45, 2.75) is 6.92 Å². The first-order valence-corrected chi connectivity index (χ1v) is 9.23. The predicted octanol–water partition coefficient (Wildman–Crippen LogP) is 5.58. The number of nitrogens with zero attached hydrogens (tertiary/aromatic N) is 3. The van der Waals surface area contributed by atoms with E-state index in [2.05, 4.69) is 15.5 Å². The van der Waals surface area contributed by atoms with Crippen molar-refractivity contribution in [3.05, 3.63) is 69.7 Å². The molecule has 5 nitrogen and oxygen atoms in total. The molecule has 1 aromatic heterocycles. The molecular formula is C18H14Cl2N4OS. The standard InChI is InChI=1S/C18H14Cl2N4OS/c1-12(25)24(17-4-2-3-14(20)9-17)18-22-16(11-26-18)10-21-23-15-7-5-13(19)6-8-15/h2-11,23H,1H3/b21-10-. The van der Waals surface area contributed by atoms with Crippen LogP contribution in [0.1, 0.15) is 12.6 Å². The van der Waals surface area contributed by atoms with Gasteiger partial charge in [-0.25, -0.2) is 4.98 Å². The lowest BCUT2D eigenvalue weighted by Gasteiger charge is -2.18. The molecule has 0 radical (unpaired) electrons. The molecule has 8 heteroatoms. The van der Waals surface area contributed by atoms with Crippen LogP contribution < -0.4 is 10.3 Å². The Morgan fingerprint density at radius 3 is 2.65 bits per heavy atom. The molecule has 0 spiro atoms. The van der Waals surface area contributed by atoms with Crippen LogP contribution in [0.4, 0.5) is 16.5 Å². The van der Waals surface area contributed by atoms with Crippen LogP contribution in [0.2, 0.25) is 10.0 Å². The van der Waals surface area contributed by atoms with Crippen molar-refractivity contribution in [1.29, 1.82) is 0 Å². The Bertz CT molecular complexity index is 940. The maximum atomic E-state index is 12.1. The van der Waals surface area contributed by atoms with Gasteiger partial charge in [0.2, 0.25) is 5.91 Å². The molecule has 1 amide bonds. The van der Waals surface area contributed by atoms with E-state index in [0.717, 1.165) is 5.69 Å². The number of amides is 1. The fraction of sp³-hybridized carbons (Fsp3) is 0.0556. The zero-order chi connectivity index (χ0) is 18.5. The minimum absolute atomic E-state index is 0.149. The van der Waals surface area contributed by atoms with E-state index in [9.17, 15) is 4.79 Å². The molecule has 132 valence electrons. The summed E-state index contributed by atoms with van der Waals surface area (Å²) < 4.78 is 0. The fourth-order valence-electron chi connectivity index (χ4n) is 2.18. The Labute approximate surface area is 164 Å². The minimum Gasteiger partial charge on any atom is -0.278 e. The number of hydrazone groups is 1. The molecule has 1 heterocycles. The summed E-state index contributed by atoms with van der Waals surface area (Å²) in [6, 6.07) is 14.3. The highest BCUT2D eigenvalue weighted by Crippen LogP contribution is 2.30. The van der Waals surface area contributed by atoms with Crippen LogP contribution in [0.5, 0.6) is 0 Å². The molecule has 1 N–H and O–H groups in total. The van der Waals surface area contributed by atoms with E-state index in [1.165, 1.54) is 23.2 Å². The van der Waals surface area contributed by atoms with Gasteiger partial charge < -0.3 is 0 Å². The number of nitrogens with one attached hydrogen (secondary N) is 1. The molecule has 0 fully saturated rings. The summed E-state index contributed by atoms with van der Waals surface area (Å²) in [6.07, 6.45) is 1.59. The summed E-state index contributed by atoms with van der Waals surface area (Å²) in [6.45, 7) is 1.48. The van der Waals surface area contributed by atoms with Crippen LogP contribution in [0.3, 0.4) is 0 Å². The van der Waals surface area contributed by atoms with Crippen molar-refractivity contribution in [1.82, 2.24) is 4.98 Å². The van der Waals surface area contributed by atoms with E-state index in [-0.39, 0.29) is 5.91 Å². The average molecular weight is 405 g/mol. The molecule has 0 bridgehead atoms. The quantitative estimate of drug-likeness (QED) is 0.445. The second-order valence-electron chi connectivity index (χ2n) is 5.27. The second kappa shape index (κ2) is 8.31. The molecule has 0 aliphatic rings. The fourth-order valence-corrected chi connectivity index (χ4v) is 3.33. The highest BCUT2D eigenvalue weighted by Gasteiger charge is 2.17. The lowest BCUT2D eigenvalue weighted by Crippen LogP contribution is -2.22. The van der Waals surface area contributed by atoms with Crippen molar-refractivity contribution < 1.29 is 4.79 Å². The van der Waals surface area contributed by atoms with Crippen LogP contribution >= 0.6 is 34.5 Å². The van der Waals surface area contributed by atoms with Crippen molar-refractivity contribution in [2.75, 3.05) is 10.3 Å². The monoisotopic (exact) mass is 404 g/mol. The van der Waals surface area contributed by atoms with Gasteiger partial charge in [0.1, 0.15) is 0 Å². The zero-order valence-corrected chi connectivity index (χ0v) is 16.0. The van der Waals surface area contributed by atoms with E-state index in [1.807, 2.05) is 23.6 Å². The summed E-state index contributed by atoms with van der Waals surface area (Å²) in [5.74, 6) is -0.149. The summed E-state index contributed by atoms with van der Waals surface area (Å²) in [4.78, 5) is 18.1. The van der Waals surface area contributed by atoms with Crippen molar-refractivity contribution in [3.8, 4) is 0 Å². The highest BCUT2D eigenvalue weighted by molar-refractivity contribution is 7.14. The number of halogens is 2. The minimum atomic E-state index is -0.149. The van der Waals surface area contributed by atoms with Crippen LogP contribution in [-0.4, -0.2) is 17.1 Å². The number of hydrogen-bond acceptors (Lipinski definition) is 5. The first-order chi connectivity index (χ1) is 12.5. The van der Waals surface area contributed by atoms with E-state index in [4.69, 9.17) is 23.2 Å². The molecule has 0 saturated heterocycles. The van der Waals surface area contributed by atoms with Crippen molar-refractivity contribution >= 4 is 63.2 Å². The molecule has 0 unspecified atom stereocenters. The van der Waals surface area contributed by atoms with Gasteiger partial charge >= 0.3 is 0 Å². The lowest BCUT2D eigenvalue weighted by atomic mass is 10.3. The predicted molar refractivity (Wildman–Crippen MR) is 109 cm³/mol.